The molecule has 6 nitrogen and oxygen atoms in total. The molecular weight excluding hydrogens is 370 g/mol. The molecule has 0 aliphatic rings. The van der Waals surface area contributed by atoms with Crippen LogP contribution in [0.3, 0.4) is 0 Å². The van der Waals surface area contributed by atoms with Gasteiger partial charge in [-0.15, -0.1) is 0 Å². The van der Waals surface area contributed by atoms with E-state index in [-0.39, 0.29) is 13.0 Å². The minimum absolute atomic E-state index is 0.182. The molecule has 0 heterocycles. The predicted octanol–water partition coefficient (Wildman–Crippen LogP) is 4.52. The first kappa shape index (κ1) is 22.3. The number of aliphatic carboxylic acids is 1. The molecule has 0 saturated heterocycles. The molecule has 1 amide bonds. The highest BCUT2D eigenvalue weighted by molar-refractivity contribution is 5.80. The minimum Gasteiger partial charge on any atom is -0.489 e. The molecule has 0 bridgehead atoms. The van der Waals surface area contributed by atoms with E-state index in [0.717, 1.165) is 11.1 Å². The van der Waals surface area contributed by atoms with E-state index in [0.29, 0.717) is 12.4 Å². The number of carbonyl (C=O) groups is 2. The monoisotopic (exact) mass is 399 g/mol. The molecule has 1 atom stereocenters. The number of hydrogen-bond donors (Lipinski definition) is 1. The molecule has 0 spiro atoms. The normalized spacial score (nSPS) is 12.1. The fraction of sp³-hybridized carbons (Fsp3) is 0.391. The van der Waals surface area contributed by atoms with Crippen molar-refractivity contribution in [2.45, 2.75) is 52.4 Å². The van der Waals surface area contributed by atoms with Crippen LogP contribution < -0.4 is 4.74 Å². The summed E-state index contributed by atoms with van der Waals surface area (Å²) in [4.78, 5) is 25.5. The van der Waals surface area contributed by atoms with Crippen LogP contribution in [0.4, 0.5) is 4.79 Å². The van der Waals surface area contributed by atoms with Gasteiger partial charge in [-0.2, -0.15) is 0 Å². The van der Waals surface area contributed by atoms with E-state index < -0.39 is 23.7 Å². The number of benzene rings is 2. The lowest BCUT2D eigenvalue weighted by Crippen LogP contribution is -2.48. The summed E-state index contributed by atoms with van der Waals surface area (Å²) in [6, 6.07) is 16.1. The maximum Gasteiger partial charge on any atom is 0.411 e. The van der Waals surface area contributed by atoms with Crippen molar-refractivity contribution in [1.82, 2.24) is 4.90 Å². The van der Waals surface area contributed by atoms with Gasteiger partial charge in [-0.05, 0) is 51.0 Å². The summed E-state index contributed by atoms with van der Waals surface area (Å²) in [5.41, 5.74) is 1.18. The second-order valence-electron chi connectivity index (χ2n) is 7.74. The molecule has 2 aromatic rings. The van der Waals surface area contributed by atoms with E-state index in [1.807, 2.05) is 42.5 Å². The average Bonchev–Trinajstić information content (AvgIpc) is 2.66. The van der Waals surface area contributed by atoms with Gasteiger partial charge >= 0.3 is 12.1 Å². The van der Waals surface area contributed by atoms with Crippen LogP contribution in [-0.2, 0) is 22.6 Å². The van der Waals surface area contributed by atoms with Crippen molar-refractivity contribution in [3.05, 3.63) is 65.7 Å². The Morgan fingerprint density at radius 1 is 1.00 bits per heavy atom. The second kappa shape index (κ2) is 9.96. The third-order valence-corrected chi connectivity index (χ3v) is 4.23. The molecule has 1 N–H and O–H groups in total. The van der Waals surface area contributed by atoms with Gasteiger partial charge in [0.25, 0.3) is 0 Å². The molecule has 156 valence electrons. The topological polar surface area (TPSA) is 76.1 Å². The van der Waals surface area contributed by atoms with Crippen LogP contribution in [0.2, 0.25) is 0 Å². The summed E-state index contributed by atoms with van der Waals surface area (Å²) < 4.78 is 11.1. The first-order valence-corrected chi connectivity index (χ1v) is 9.67. The van der Waals surface area contributed by atoms with Crippen molar-refractivity contribution in [3.8, 4) is 5.75 Å². The van der Waals surface area contributed by atoms with Crippen molar-refractivity contribution >= 4 is 12.1 Å². The van der Waals surface area contributed by atoms with Crippen molar-refractivity contribution in [2.75, 3.05) is 6.54 Å². The van der Waals surface area contributed by atoms with E-state index in [1.54, 1.807) is 39.8 Å². The molecule has 0 aliphatic carbocycles. The third kappa shape index (κ3) is 7.14. The van der Waals surface area contributed by atoms with Gasteiger partial charge < -0.3 is 14.6 Å². The van der Waals surface area contributed by atoms with Gasteiger partial charge in [0.05, 0.1) is 0 Å². The van der Waals surface area contributed by atoms with Gasteiger partial charge in [0, 0.05) is 13.0 Å². The zero-order chi connectivity index (χ0) is 21.4. The van der Waals surface area contributed by atoms with E-state index in [1.165, 1.54) is 4.90 Å². The van der Waals surface area contributed by atoms with Gasteiger partial charge in [0.1, 0.15) is 24.0 Å². The predicted molar refractivity (Wildman–Crippen MR) is 111 cm³/mol. The standard InChI is InChI=1S/C23H29NO5/c1-5-24(22(27)29-23(2,3)4)20(21(25)26)15-17-11-13-19(14-12-17)28-16-18-9-7-6-8-10-18/h6-14,20H,5,15-16H2,1-4H3,(H,25,26)/t20-/m0/s1. The Kier molecular flexibility index (Phi) is 7.65. The zero-order valence-corrected chi connectivity index (χ0v) is 17.4. The summed E-state index contributed by atoms with van der Waals surface area (Å²) in [5.74, 6) is -0.369. The number of likely N-dealkylation sites (N-methyl/N-ethyl adjacent to an activating group) is 1. The Bertz CT molecular complexity index is 796. The quantitative estimate of drug-likeness (QED) is 0.706. The maximum atomic E-state index is 12.4. The number of ether oxygens (including phenoxy) is 2. The third-order valence-electron chi connectivity index (χ3n) is 4.23. The Hall–Kier alpha value is -3.02. The van der Waals surface area contributed by atoms with Gasteiger partial charge in [0.2, 0.25) is 0 Å². The van der Waals surface area contributed by atoms with Crippen LogP contribution in [0.15, 0.2) is 54.6 Å². The minimum atomic E-state index is -1.07. The second-order valence-corrected chi connectivity index (χ2v) is 7.74. The van der Waals surface area contributed by atoms with Gasteiger partial charge in [-0.25, -0.2) is 9.59 Å². The number of rotatable bonds is 8. The Morgan fingerprint density at radius 2 is 1.62 bits per heavy atom. The van der Waals surface area contributed by atoms with E-state index in [9.17, 15) is 14.7 Å². The summed E-state index contributed by atoms with van der Waals surface area (Å²) in [7, 11) is 0. The lowest BCUT2D eigenvalue weighted by molar-refractivity contribution is -0.143. The van der Waals surface area contributed by atoms with Crippen LogP contribution in [-0.4, -0.2) is 40.3 Å². The van der Waals surface area contributed by atoms with Gasteiger partial charge in [-0.3, -0.25) is 4.90 Å². The molecule has 0 fully saturated rings. The van der Waals surface area contributed by atoms with Crippen molar-refractivity contribution < 1.29 is 24.2 Å². The zero-order valence-electron chi connectivity index (χ0n) is 17.4. The van der Waals surface area contributed by atoms with Crippen LogP contribution in [0.25, 0.3) is 0 Å². The number of nitrogens with zero attached hydrogens (tertiary/aromatic N) is 1. The molecule has 0 radical (unpaired) electrons. The largest absolute Gasteiger partial charge is 0.489 e. The van der Waals surface area contributed by atoms with E-state index in [4.69, 9.17) is 9.47 Å². The van der Waals surface area contributed by atoms with E-state index in [2.05, 4.69) is 0 Å². The van der Waals surface area contributed by atoms with Gasteiger partial charge in [-0.1, -0.05) is 42.5 Å². The number of carboxylic acids is 1. The van der Waals surface area contributed by atoms with E-state index >= 15 is 0 Å². The van der Waals surface area contributed by atoms with Crippen LogP contribution in [0, 0.1) is 0 Å². The Morgan fingerprint density at radius 3 is 2.14 bits per heavy atom. The SMILES string of the molecule is CCN(C(=O)OC(C)(C)C)[C@@H](Cc1ccc(OCc2ccccc2)cc1)C(=O)O. The Labute approximate surface area is 172 Å². The molecule has 0 unspecified atom stereocenters. The molecule has 29 heavy (non-hydrogen) atoms. The van der Waals surface area contributed by atoms with Crippen molar-refractivity contribution in [3.63, 3.8) is 0 Å². The smallest absolute Gasteiger partial charge is 0.411 e. The van der Waals surface area contributed by atoms with Crippen molar-refractivity contribution in [2.24, 2.45) is 0 Å². The lowest BCUT2D eigenvalue weighted by atomic mass is 10.0. The molecular formula is C23H29NO5. The highest BCUT2D eigenvalue weighted by atomic mass is 16.6. The average molecular weight is 399 g/mol. The van der Waals surface area contributed by atoms with Crippen LogP contribution in [0.1, 0.15) is 38.8 Å². The van der Waals surface area contributed by atoms with Gasteiger partial charge in [0.15, 0.2) is 0 Å². The van der Waals surface area contributed by atoms with Crippen LogP contribution >= 0.6 is 0 Å². The highest BCUT2D eigenvalue weighted by Gasteiger charge is 2.32. The summed E-state index contributed by atoms with van der Waals surface area (Å²) in [6.45, 7) is 7.69. The summed E-state index contributed by atoms with van der Waals surface area (Å²) in [6.07, 6.45) is -0.448. The lowest BCUT2D eigenvalue weighted by Gasteiger charge is -2.30. The molecule has 0 aromatic heterocycles. The number of carbonyl (C=O) groups excluding carboxylic acids is 1. The highest BCUT2D eigenvalue weighted by Crippen LogP contribution is 2.18. The molecule has 2 aromatic carbocycles. The number of carboxylic acid groups (broad SMARTS) is 1. The summed E-state index contributed by atoms with van der Waals surface area (Å²) >= 11 is 0. The Balaban J connectivity index is 2.04. The molecule has 2 rings (SSSR count). The summed E-state index contributed by atoms with van der Waals surface area (Å²) in [5, 5.41) is 9.67. The maximum absolute atomic E-state index is 12.4. The first-order chi connectivity index (χ1) is 13.7. The molecule has 0 saturated carbocycles. The number of amides is 1. The molecule has 6 heteroatoms. The first-order valence-electron chi connectivity index (χ1n) is 9.67. The number of hydrogen-bond acceptors (Lipinski definition) is 4. The molecule has 0 aliphatic heterocycles. The van der Waals surface area contributed by atoms with Crippen molar-refractivity contribution in [1.29, 1.82) is 0 Å². The fourth-order valence-corrected chi connectivity index (χ4v) is 2.81. The van der Waals surface area contributed by atoms with Crippen LogP contribution in [0.5, 0.6) is 5.75 Å². The fourth-order valence-electron chi connectivity index (χ4n) is 2.81.